The van der Waals surface area contributed by atoms with E-state index in [0.29, 0.717) is 25.6 Å². The number of hydrogen-bond donors (Lipinski definition) is 0. The predicted octanol–water partition coefficient (Wildman–Crippen LogP) is 4.12. The Balaban J connectivity index is 2.62. The van der Waals surface area contributed by atoms with E-state index in [9.17, 15) is 8.42 Å². The molecular formula is C12H15Cl3O4S. The minimum Gasteiger partial charge on any atom is -0.490 e. The topological polar surface area (TPSA) is 52.6 Å². The van der Waals surface area contributed by atoms with Crippen LogP contribution in [0, 0.1) is 0 Å². The molecule has 0 aliphatic heterocycles. The van der Waals surface area contributed by atoms with Crippen molar-refractivity contribution in [3.8, 4) is 5.75 Å². The fourth-order valence-corrected chi connectivity index (χ4v) is 3.16. The molecular weight excluding hydrogens is 347 g/mol. The normalized spacial score (nSPS) is 11.6. The number of ether oxygens (including phenoxy) is 2. The third-order valence-corrected chi connectivity index (χ3v) is 4.46. The van der Waals surface area contributed by atoms with Gasteiger partial charge in [0, 0.05) is 23.4 Å². The van der Waals surface area contributed by atoms with Crippen molar-refractivity contribution in [1.82, 2.24) is 0 Å². The van der Waals surface area contributed by atoms with Crippen LogP contribution in [0.1, 0.15) is 19.8 Å². The maximum Gasteiger partial charge on any atom is 0.262 e. The molecule has 114 valence electrons. The van der Waals surface area contributed by atoms with Gasteiger partial charge in [-0.2, -0.15) is 0 Å². The molecule has 1 aromatic carbocycles. The first-order valence-electron chi connectivity index (χ1n) is 6.00. The Morgan fingerprint density at radius 1 is 1.10 bits per heavy atom. The minimum atomic E-state index is -3.93. The molecule has 0 spiro atoms. The number of halogens is 3. The van der Waals surface area contributed by atoms with Gasteiger partial charge in [-0.3, -0.25) is 0 Å². The summed E-state index contributed by atoms with van der Waals surface area (Å²) < 4.78 is 33.2. The van der Waals surface area contributed by atoms with Crippen LogP contribution in [-0.2, 0) is 13.8 Å². The first kappa shape index (κ1) is 17.9. The van der Waals surface area contributed by atoms with E-state index in [2.05, 4.69) is 6.92 Å². The van der Waals surface area contributed by atoms with E-state index < -0.39 is 9.05 Å². The van der Waals surface area contributed by atoms with Gasteiger partial charge in [0.1, 0.15) is 17.3 Å². The molecule has 0 aliphatic carbocycles. The summed E-state index contributed by atoms with van der Waals surface area (Å²) in [5, 5.41) is 0.0912. The van der Waals surface area contributed by atoms with Crippen molar-refractivity contribution >= 4 is 42.9 Å². The quantitative estimate of drug-likeness (QED) is 0.516. The van der Waals surface area contributed by atoms with Gasteiger partial charge in [-0.15, -0.1) is 0 Å². The van der Waals surface area contributed by atoms with Crippen molar-refractivity contribution in [2.45, 2.75) is 24.7 Å². The third kappa shape index (κ3) is 5.66. The molecule has 0 N–H and O–H groups in total. The molecule has 1 rings (SSSR count). The van der Waals surface area contributed by atoms with Crippen LogP contribution < -0.4 is 4.74 Å². The second-order valence-corrected chi connectivity index (χ2v) is 7.31. The van der Waals surface area contributed by atoms with Crippen molar-refractivity contribution in [3.05, 3.63) is 22.2 Å². The Labute approximate surface area is 133 Å². The van der Waals surface area contributed by atoms with Gasteiger partial charge in [-0.1, -0.05) is 36.5 Å². The average molecular weight is 362 g/mol. The first-order chi connectivity index (χ1) is 9.36. The van der Waals surface area contributed by atoms with Crippen molar-refractivity contribution in [1.29, 1.82) is 0 Å². The van der Waals surface area contributed by atoms with Crippen molar-refractivity contribution < 1.29 is 17.9 Å². The molecule has 0 fully saturated rings. The SMILES string of the molecule is CCCCOCCOc1cc(Cl)c(S(=O)(=O)Cl)cc1Cl. The highest BCUT2D eigenvalue weighted by atomic mass is 35.7. The van der Waals surface area contributed by atoms with Gasteiger partial charge in [0.15, 0.2) is 0 Å². The van der Waals surface area contributed by atoms with E-state index in [-0.39, 0.29) is 14.9 Å². The van der Waals surface area contributed by atoms with Crippen LogP contribution in [0.2, 0.25) is 10.0 Å². The molecule has 0 unspecified atom stereocenters. The van der Waals surface area contributed by atoms with Gasteiger partial charge >= 0.3 is 0 Å². The second kappa shape index (κ2) is 8.29. The fourth-order valence-electron chi connectivity index (χ4n) is 1.37. The van der Waals surface area contributed by atoms with Crippen LogP contribution in [0.25, 0.3) is 0 Å². The first-order valence-corrected chi connectivity index (χ1v) is 9.07. The summed E-state index contributed by atoms with van der Waals surface area (Å²) in [6.07, 6.45) is 2.06. The summed E-state index contributed by atoms with van der Waals surface area (Å²) in [6.45, 7) is 3.47. The van der Waals surface area contributed by atoms with Crippen molar-refractivity contribution in [2.24, 2.45) is 0 Å². The highest BCUT2D eigenvalue weighted by Gasteiger charge is 2.18. The lowest BCUT2D eigenvalue weighted by Gasteiger charge is -2.10. The molecule has 0 saturated carbocycles. The molecule has 0 aliphatic rings. The molecule has 0 atom stereocenters. The van der Waals surface area contributed by atoms with Crippen LogP contribution in [0.3, 0.4) is 0 Å². The van der Waals surface area contributed by atoms with Crippen LogP contribution in [-0.4, -0.2) is 28.2 Å². The maximum absolute atomic E-state index is 11.2. The molecule has 0 heterocycles. The van der Waals surface area contributed by atoms with Crippen molar-refractivity contribution in [3.63, 3.8) is 0 Å². The molecule has 0 aromatic heterocycles. The average Bonchev–Trinajstić information content (AvgIpc) is 2.35. The fraction of sp³-hybridized carbons (Fsp3) is 0.500. The Kier molecular flexibility index (Phi) is 7.40. The smallest absolute Gasteiger partial charge is 0.262 e. The highest BCUT2D eigenvalue weighted by molar-refractivity contribution is 8.13. The highest BCUT2D eigenvalue weighted by Crippen LogP contribution is 2.34. The van der Waals surface area contributed by atoms with E-state index in [1.807, 2.05) is 0 Å². The van der Waals surface area contributed by atoms with E-state index in [1.54, 1.807) is 0 Å². The van der Waals surface area contributed by atoms with Crippen LogP contribution in [0.5, 0.6) is 5.75 Å². The minimum absolute atomic E-state index is 0.0358. The summed E-state index contributed by atoms with van der Waals surface area (Å²) in [5.41, 5.74) is 0. The Hall–Kier alpha value is -0.200. The lowest BCUT2D eigenvalue weighted by molar-refractivity contribution is 0.0981. The van der Waals surface area contributed by atoms with Gasteiger partial charge in [0.2, 0.25) is 0 Å². The number of benzene rings is 1. The van der Waals surface area contributed by atoms with E-state index in [1.165, 1.54) is 12.1 Å². The van der Waals surface area contributed by atoms with Crippen LogP contribution in [0.4, 0.5) is 0 Å². The Morgan fingerprint density at radius 2 is 1.80 bits per heavy atom. The van der Waals surface area contributed by atoms with E-state index in [4.69, 9.17) is 43.4 Å². The molecule has 0 bridgehead atoms. The molecule has 8 heteroatoms. The van der Waals surface area contributed by atoms with Crippen molar-refractivity contribution in [2.75, 3.05) is 19.8 Å². The number of rotatable bonds is 8. The zero-order valence-electron chi connectivity index (χ0n) is 10.9. The van der Waals surface area contributed by atoms with Gasteiger partial charge in [0.05, 0.1) is 16.7 Å². The molecule has 0 amide bonds. The monoisotopic (exact) mass is 360 g/mol. The van der Waals surface area contributed by atoms with E-state index >= 15 is 0 Å². The second-order valence-electron chi connectivity index (χ2n) is 3.97. The molecule has 4 nitrogen and oxygen atoms in total. The van der Waals surface area contributed by atoms with E-state index in [0.717, 1.165) is 12.8 Å². The summed E-state index contributed by atoms with van der Waals surface area (Å²) in [6, 6.07) is 2.49. The van der Waals surface area contributed by atoms with Crippen LogP contribution in [0.15, 0.2) is 17.0 Å². The zero-order chi connectivity index (χ0) is 15.2. The summed E-state index contributed by atoms with van der Waals surface area (Å²) in [5.74, 6) is 0.292. The third-order valence-electron chi connectivity index (χ3n) is 2.38. The standard InChI is InChI=1S/C12H15Cl3O4S/c1-2-3-4-18-5-6-19-11-7-10(14)12(8-9(11)13)20(15,16)17/h7-8H,2-6H2,1H3. The summed E-state index contributed by atoms with van der Waals surface area (Å²) in [7, 11) is 1.30. The van der Waals surface area contributed by atoms with Gasteiger partial charge < -0.3 is 9.47 Å². The zero-order valence-corrected chi connectivity index (χ0v) is 13.9. The molecule has 1 aromatic rings. The largest absolute Gasteiger partial charge is 0.490 e. The van der Waals surface area contributed by atoms with Gasteiger partial charge in [-0.25, -0.2) is 8.42 Å². The Bertz CT molecular complexity index is 546. The molecule has 0 radical (unpaired) electrons. The lowest BCUT2D eigenvalue weighted by Crippen LogP contribution is -2.08. The predicted molar refractivity (Wildman–Crippen MR) is 80.7 cm³/mol. The van der Waals surface area contributed by atoms with Gasteiger partial charge in [0.25, 0.3) is 9.05 Å². The lowest BCUT2D eigenvalue weighted by atomic mass is 10.3. The molecule has 20 heavy (non-hydrogen) atoms. The summed E-state index contributed by atoms with van der Waals surface area (Å²) in [4.78, 5) is -0.239. The van der Waals surface area contributed by atoms with Gasteiger partial charge in [-0.05, 0) is 12.5 Å². The van der Waals surface area contributed by atoms with Crippen LogP contribution >= 0.6 is 33.9 Å². The Morgan fingerprint density at radius 3 is 2.40 bits per heavy atom. The maximum atomic E-state index is 11.2. The number of hydrogen-bond acceptors (Lipinski definition) is 4. The molecule has 0 saturated heterocycles. The number of unbranched alkanes of at least 4 members (excludes halogenated alkanes) is 1. The summed E-state index contributed by atoms with van der Waals surface area (Å²) >= 11 is 11.8.